The van der Waals surface area contributed by atoms with Crippen molar-refractivity contribution in [3.63, 3.8) is 0 Å². The maximum absolute atomic E-state index is 12.4. The number of anilines is 1. The second-order valence-electron chi connectivity index (χ2n) is 5.00. The zero-order valence-electron chi connectivity index (χ0n) is 11.4. The van der Waals surface area contributed by atoms with Crippen LogP contribution in [0, 0.1) is 0 Å². The van der Waals surface area contributed by atoms with Gasteiger partial charge in [0.25, 0.3) is 17.4 Å². The first-order valence-electron chi connectivity index (χ1n) is 6.52. The highest BCUT2D eigenvalue weighted by Crippen LogP contribution is 2.29. The number of carbonyl (C=O) groups is 2. The number of pyridine rings is 1. The lowest BCUT2D eigenvalue weighted by molar-refractivity contribution is 0.0880. The molecule has 0 fully saturated rings. The Morgan fingerprint density at radius 1 is 1.17 bits per heavy atom. The molecule has 9 heteroatoms. The molecule has 0 aliphatic carbocycles. The van der Waals surface area contributed by atoms with Crippen LogP contribution in [0.4, 0.5) is 5.82 Å². The number of hydrogen-bond acceptors (Lipinski definition) is 5. The molecule has 0 saturated heterocycles. The monoisotopic (exact) mass is 329 g/mol. The van der Waals surface area contributed by atoms with E-state index in [0.29, 0.717) is 21.6 Å². The maximum atomic E-state index is 12.4. The number of nitrogens with one attached hydrogen (secondary N) is 2. The van der Waals surface area contributed by atoms with E-state index >= 15 is 0 Å². The van der Waals surface area contributed by atoms with Gasteiger partial charge in [0.1, 0.15) is 5.82 Å². The summed E-state index contributed by atoms with van der Waals surface area (Å²) in [5, 5.41) is 9.84. The topological polar surface area (TPSA) is 123 Å². The number of H-pyrrole nitrogens is 1. The molecule has 8 nitrogen and oxygen atoms in total. The normalized spacial score (nSPS) is 13.4. The van der Waals surface area contributed by atoms with Gasteiger partial charge in [-0.1, -0.05) is 11.6 Å². The number of fused-ring (bicyclic) bond motifs is 2. The van der Waals surface area contributed by atoms with E-state index in [-0.39, 0.29) is 16.9 Å². The van der Waals surface area contributed by atoms with Gasteiger partial charge in [0.15, 0.2) is 0 Å². The molecule has 4 N–H and O–H groups in total. The molecule has 0 radical (unpaired) electrons. The van der Waals surface area contributed by atoms with E-state index in [1.54, 1.807) is 12.1 Å². The van der Waals surface area contributed by atoms with Gasteiger partial charge in [-0.2, -0.15) is 5.10 Å². The van der Waals surface area contributed by atoms with Crippen LogP contribution in [-0.2, 0) is 0 Å². The summed E-state index contributed by atoms with van der Waals surface area (Å²) in [6.07, 6.45) is 1.52. The summed E-state index contributed by atoms with van der Waals surface area (Å²) in [6.45, 7) is 0. The Hall–Kier alpha value is -3.13. The lowest BCUT2D eigenvalue weighted by atomic mass is 10.1. The maximum Gasteiger partial charge on any atom is 0.262 e. The summed E-state index contributed by atoms with van der Waals surface area (Å²) >= 11 is 6.09. The minimum absolute atomic E-state index is 0.0165. The molecule has 1 aliphatic heterocycles. The summed E-state index contributed by atoms with van der Waals surface area (Å²) in [5.74, 6) is -1.39. The van der Waals surface area contributed by atoms with Gasteiger partial charge in [0.2, 0.25) is 0 Å². The SMILES string of the molecule is Nc1c2c(cc(=O)n1-c1ccc(Cl)c3cn[nH]c13)C(=O)NC2=O. The van der Waals surface area contributed by atoms with Crippen LogP contribution >= 0.6 is 11.6 Å². The van der Waals surface area contributed by atoms with Crippen LogP contribution in [-0.4, -0.2) is 26.6 Å². The van der Waals surface area contributed by atoms with Crippen molar-refractivity contribution in [2.75, 3.05) is 5.73 Å². The highest BCUT2D eigenvalue weighted by atomic mass is 35.5. The van der Waals surface area contributed by atoms with Crippen molar-refractivity contribution < 1.29 is 9.59 Å². The predicted octanol–water partition coefficient (Wildman–Crippen LogP) is 0.833. The lowest BCUT2D eigenvalue weighted by Gasteiger charge is -2.12. The van der Waals surface area contributed by atoms with E-state index in [2.05, 4.69) is 15.5 Å². The number of benzene rings is 1. The molecular formula is C14H8ClN5O3. The van der Waals surface area contributed by atoms with Gasteiger partial charge in [0.05, 0.1) is 33.6 Å². The fourth-order valence-electron chi connectivity index (χ4n) is 2.70. The number of nitrogens with zero attached hydrogens (tertiary/aromatic N) is 2. The largest absolute Gasteiger partial charge is 0.384 e. The predicted molar refractivity (Wildman–Crippen MR) is 82.9 cm³/mol. The molecule has 114 valence electrons. The third-order valence-corrected chi connectivity index (χ3v) is 4.06. The van der Waals surface area contributed by atoms with Crippen LogP contribution in [0.25, 0.3) is 16.6 Å². The molecule has 0 saturated carbocycles. The summed E-state index contributed by atoms with van der Waals surface area (Å²) in [6, 6.07) is 4.27. The van der Waals surface area contributed by atoms with Crippen LogP contribution in [0.3, 0.4) is 0 Å². The van der Waals surface area contributed by atoms with Gasteiger partial charge in [0, 0.05) is 11.5 Å². The molecular weight excluding hydrogens is 322 g/mol. The molecule has 0 bridgehead atoms. The van der Waals surface area contributed by atoms with Gasteiger partial charge in [-0.15, -0.1) is 0 Å². The van der Waals surface area contributed by atoms with E-state index in [4.69, 9.17) is 17.3 Å². The summed E-state index contributed by atoms with van der Waals surface area (Å²) < 4.78 is 1.15. The molecule has 3 heterocycles. The van der Waals surface area contributed by atoms with Gasteiger partial charge >= 0.3 is 0 Å². The second-order valence-corrected chi connectivity index (χ2v) is 5.41. The Morgan fingerprint density at radius 2 is 1.96 bits per heavy atom. The van der Waals surface area contributed by atoms with Crippen molar-refractivity contribution in [3.05, 3.63) is 50.9 Å². The number of aromatic amines is 1. The Labute approximate surface area is 132 Å². The van der Waals surface area contributed by atoms with Crippen molar-refractivity contribution in [2.45, 2.75) is 0 Å². The molecule has 3 aromatic rings. The van der Waals surface area contributed by atoms with Crippen LogP contribution in [0.2, 0.25) is 5.02 Å². The average molecular weight is 330 g/mol. The van der Waals surface area contributed by atoms with Gasteiger partial charge < -0.3 is 5.73 Å². The quantitative estimate of drug-likeness (QED) is 0.571. The van der Waals surface area contributed by atoms with Crippen LogP contribution < -0.4 is 16.6 Å². The first-order chi connectivity index (χ1) is 11.0. The Balaban J connectivity index is 2.11. The first kappa shape index (κ1) is 13.5. The number of nitrogens with two attached hydrogens (primary N) is 1. The molecule has 0 atom stereocenters. The number of hydrogen-bond donors (Lipinski definition) is 3. The fourth-order valence-corrected chi connectivity index (χ4v) is 2.91. The van der Waals surface area contributed by atoms with Crippen LogP contribution in [0.5, 0.6) is 0 Å². The number of nitrogen functional groups attached to an aromatic ring is 1. The van der Waals surface area contributed by atoms with E-state index in [1.165, 1.54) is 6.20 Å². The molecule has 0 unspecified atom stereocenters. The molecule has 1 aromatic carbocycles. The number of imide groups is 1. The van der Waals surface area contributed by atoms with E-state index < -0.39 is 17.4 Å². The fraction of sp³-hybridized carbons (Fsp3) is 0. The minimum atomic E-state index is -0.635. The molecule has 2 aromatic heterocycles. The van der Waals surface area contributed by atoms with E-state index in [0.717, 1.165) is 10.6 Å². The zero-order chi connectivity index (χ0) is 16.3. The minimum Gasteiger partial charge on any atom is -0.384 e. The van der Waals surface area contributed by atoms with Gasteiger partial charge in [-0.25, -0.2) is 0 Å². The third kappa shape index (κ3) is 1.72. The Bertz CT molecular complexity index is 1080. The van der Waals surface area contributed by atoms with Crippen molar-refractivity contribution in [3.8, 4) is 5.69 Å². The lowest BCUT2D eigenvalue weighted by Crippen LogP contribution is -2.24. The summed E-state index contributed by atoms with van der Waals surface area (Å²) in [7, 11) is 0. The second kappa shape index (κ2) is 4.43. The summed E-state index contributed by atoms with van der Waals surface area (Å²) in [4.78, 5) is 36.0. The Morgan fingerprint density at radius 3 is 2.74 bits per heavy atom. The van der Waals surface area contributed by atoms with Crippen molar-refractivity contribution in [1.29, 1.82) is 0 Å². The van der Waals surface area contributed by atoms with E-state index in [1.807, 2.05) is 0 Å². The molecule has 4 rings (SSSR count). The Kier molecular flexibility index (Phi) is 2.61. The number of halogens is 1. The highest BCUT2D eigenvalue weighted by molar-refractivity contribution is 6.35. The first-order valence-corrected chi connectivity index (χ1v) is 6.90. The van der Waals surface area contributed by atoms with E-state index in [9.17, 15) is 14.4 Å². The average Bonchev–Trinajstić information content (AvgIpc) is 3.08. The molecule has 2 amide bonds. The van der Waals surface area contributed by atoms with Crippen molar-refractivity contribution >= 4 is 40.1 Å². The molecule has 0 spiro atoms. The number of aromatic nitrogens is 3. The molecule has 1 aliphatic rings. The van der Waals surface area contributed by atoms with Crippen LogP contribution in [0.15, 0.2) is 29.2 Å². The number of carbonyl (C=O) groups excluding carboxylic acids is 2. The van der Waals surface area contributed by atoms with Crippen LogP contribution in [0.1, 0.15) is 20.7 Å². The van der Waals surface area contributed by atoms with Gasteiger partial charge in [-0.3, -0.25) is 29.4 Å². The third-order valence-electron chi connectivity index (χ3n) is 3.73. The summed E-state index contributed by atoms with van der Waals surface area (Å²) in [5.41, 5.74) is 6.31. The highest BCUT2D eigenvalue weighted by Gasteiger charge is 2.32. The standard InChI is InChI=1S/C14H8ClN5O3/c15-7-1-2-8(11-6(7)4-17-19-11)20-9(21)3-5-10(12(20)16)14(23)18-13(5)22/h1-4H,16H2,(H,17,19)(H,18,22,23). The zero-order valence-corrected chi connectivity index (χ0v) is 12.1. The van der Waals surface area contributed by atoms with Gasteiger partial charge in [-0.05, 0) is 12.1 Å². The number of rotatable bonds is 1. The smallest absolute Gasteiger partial charge is 0.262 e. The number of amides is 2. The van der Waals surface area contributed by atoms with Crippen molar-refractivity contribution in [1.82, 2.24) is 20.1 Å². The van der Waals surface area contributed by atoms with Crippen molar-refractivity contribution in [2.24, 2.45) is 0 Å². The molecule has 23 heavy (non-hydrogen) atoms.